The summed E-state index contributed by atoms with van der Waals surface area (Å²) in [5.74, 6) is 1.36. The number of hydrogen-bond acceptors (Lipinski definition) is 5. The summed E-state index contributed by atoms with van der Waals surface area (Å²) >= 11 is 3.51. The Kier molecular flexibility index (Phi) is 6.32. The van der Waals surface area contributed by atoms with Gasteiger partial charge >= 0.3 is 5.97 Å². The average Bonchev–Trinajstić information content (AvgIpc) is 2.70. The number of nitrogens with one attached hydrogen (secondary N) is 1. The van der Waals surface area contributed by atoms with Crippen LogP contribution >= 0.6 is 15.9 Å². The van der Waals surface area contributed by atoms with E-state index in [-0.39, 0.29) is 5.97 Å². The Balaban J connectivity index is 1.88. The van der Waals surface area contributed by atoms with Crippen molar-refractivity contribution in [3.05, 3.63) is 22.2 Å². The number of carbonyl (C=O) groups excluding carboxylic acids is 1. The number of rotatable bonds is 6. The van der Waals surface area contributed by atoms with E-state index in [1.54, 1.807) is 6.92 Å². The number of esters is 1. The van der Waals surface area contributed by atoms with E-state index in [1.807, 2.05) is 12.1 Å². The van der Waals surface area contributed by atoms with Gasteiger partial charge in [-0.3, -0.25) is 4.79 Å². The highest BCUT2D eigenvalue weighted by Crippen LogP contribution is 2.38. The molecule has 2 rings (SSSR count). The first-order chi connectivity index (χ1) is 10.2. The number of benzene rings is 1. The molecular weight excluding hydrogens is 338 g/mol. The van der Waals surface area contributed by atoms with E-state index < -0.39 is 0 Å². The van der Waals surface area contributed by atoms with Crippen LogP contribution in [0.15, 0.2) is 16.6 Å². The number of halogens is 1. The molecule has 0 spiro atoms. The molecule has 1 N–H and O–H groups in total. The minimum atomic E-state index is -0.176. The molecule has 0 saturated carbocycles. The lowest BCUT2D eigenvalue weighted by Gasteiger charge is -2.12. The predicted molar refractivity (Wildman–Crippen MR) is 82.7 cm³/mol. The van der Waals surface area contributed by atoms with E-state index >= 15 is 0 Å². The second kappa shape index (κ2) is 8.24. The molecule has 6 heteroatoms. The smallest absolute Gasteiger partial charge is 0.307 e. The van der Waals surface area contributed by atoms with Crippen LogP contribution in [0.2, 0.25) is 0 Å². The Bertz CT molecular complexity index is 493. The summed E-state index contributed by atoms with van der Waals surface area (Å²) in [6.07, 6.45) is 1.26. The molecule has 0 aromatic heterocycles. The second-order valence-electron chi connectivity index (χ2n) is 4.69. The molecule has 5 nitrogen and oxygen atoms in total. The van der Waals surface area contributed by atoms with Crippen LogP contribution in [0.5, 0.6) is 11.5 Å². The van der Waals surface area contributed by atoms with Crippen molar-refractivity contribution in [2.45, 2.75) is 26.3 Å². The Morgan fingerprint density at radius 3 is 3.00 bits per heavy atom. The zero-order valence-corrected chi connectivity index (χ0v) is 13.7. The maximum atomic E-state index is 11.2. The third-order valence-corrected chi connectivity index (χ3v) is 3.59. The fourth-order valence-corrected chi connectivity index (χ4v) is 2.65. The number of carbonyl (C=O) groups is 1. The second-order valence-corrected chi connectivity index (χ2v) is 5.54. The normalized spacial score (nSPS) is 13.6. The van der Waals surface area contributed by atoms with Crippen molar-refractivity contribution in [3.63, 3.8) is 0 Å². The number of fused-ring (bicyclic) bond motifs is 1. The van der Waals surface area contributed by atoms with Crippen molar-refractivity contribution in [2.24, 2.45) is 0 Å². The quantitative estimate of drug-likeness (QED) is 0.626. The Morgan fingerprint density at radius 1 is 1.38 bits per heavy atom. The molecular formula is C15H20BrNO4. The summed E-state index contributed by atoms with van der Waals surface area (Å²) in [5.41, 5.74) is 1.08. The zero-order valence-electron chi connectivity index (χ0n) is 12.1. The third kappa shape index (κ3) is 4.89. The highest BCUT2D eigenvalue weighted by Gasteiger charge is 2.15. The lowest BCUT2D eigenvalue weighted by atomic mass is 10.2. The first-order valence-corrected chi connectivity index (χ1v) is 7.94. The molecule has 0 atom stereocenters. The maximum Gasteiger partial charge on any atom is 0.307 e. The van der Waals surface area contributed by atoms with E-state index in [1.165, 1.54) is 0 Å². The minimum Gasteiger partial charge on any atom is -0.490 e. The van der Waals surface area contributed by atoms with Crippen LogP contribution in [0, 0.1) is 0 Å². The summed E-state index contributed by atoms with van der Waals surface area (Å²) in [6.45, 7) is 4.82. The molecule has 0 fully saturated rings. The van der Waals surface area contributed by atoms with Crippen molar-refractivity contribution < 1.29 is 19.0 Å². The van der Waals surface area contributed by atoms with Crippen molar-refractivity contribution >= 4 is 21.9 Å². The predicted octanol–water partition coefficient (Wildman–Crippen LogP) is 2.65. The number of hydrogen-bond donors (Lipinski definition) is 1. The van der Waals surface area contributed by atoms with Gasteiger partial charge in [0.05, 0.1) is 30.7 Å². The van der Waals surface area contributed by atoms with Gasteiger partial charge in [0.2, 0.25) is 0 Å². The molecule has 0 bridgehead atoms. The summed E-state index contributed by atoms with van der Waals surface area (Å²) in [7, 11) is 0. The van der Waals surface area contributed by atoms with Gasteiger partial charge in [-0.25, -0.2) is 0 Å². The van der Waals surface area contributed by atoms with E-state index in [2.05, 4.69) is 21.2 Å². The van der Waals surface area contributed by atoms with Gasteiger partial charge in [0.25, 0.3) is 0 Å². The van der Waals surface area contributed by atoms with Crippen LogP contribution < -0.4 is 14.8 Å². The molecule has 1 aliphatic heterocycles. The summed E-state index contributed by atoms with van der Waals surface area (Å²) in [4.78, 5) is 11.2. The van der Waals surface area contributed by atoms with Gasteiger partial charge < -0.3 is 19.5 Å². The summed E-state index contributed by atoms with van der Waals surface area (Å²) < 4.78 is 17.1. The molecule has 0 aliphatic carbocycles. The van der Waals surface area contributed by atoms with Crippen LogP contribution in [-0.4, -0.2) is 32.3 Å². The zero-order chi connectivity index (χ0) is 15.1. The van der Waals surface area contributed by atoms with Crippen LogP contribution in [0.1, 0.15) is 25.3 Å². The van der Waals surface area contributed by atoms with Crippen molar-refractivity contribution in [1.29, 1.82) is 0 Å². The molecule has 0 radical (unpaired) electrons. The van der Waals surface area contributed by atoms with Crippen molar-refractivity contribution in [3.8, 4) is 11.5 Å². The lowest BCUT2D eigenvalue weighted by Crippen LogP contribution is -2.19. The summed E-state index contributed by atoms with van der Waals surface area (Å²) in [5, 5.41) is 3.22. The SMILES string of the molecule is CCOC(=O)CCNCc1cc(Br)c2c(c1)OCCCO2. The third-order valence-electron chi connectivity index (χ3n) is 3.00. The first kappa shape index (κ1) is 16.1. The number of ether oxygens (including phenoxy) is 3. The van der Waals surface area contributed by atoms with Crippen molar-refractivity contribution in [2.75, 3.05) is 26.4 Å². The van der Waals surface area contributed by atoms with Crippen LogP contribution in [-0.2, 0) is 16.1 Å². The molecule has 21 heavy (non-hydrogen) atoms. The van der Waals surface area contributed by atoms with Gasteiger partial charge in [0, 0.05) is 19.5 Å². The molecule has 0 saturated heterocycles. The first-order valence-electron chi connectivity index (χ1n) is 7.15. The van der Waals surface area contributed by atoms with Gasteiger partial charge in [-0.05, 0) is 40.5 Å². The standard InChI is InChI=1S/C15H20BrNO4/c1-2-19-14(18)4-5-17-10-11-8-12(16)15-13(9-11)20-6-3-7-21-15/h8-9,17H,2-7,10H2,1H3. The van der Waals surface area contributed by atoms with Crippen LogP contribution in [0.3, 0.4) is 0 Å². The molecule has 1 aromatic carbocycles. The molecule has 1 aromatic rings. The fraction of sp³-hybridized carbons (Fsp3) is 0.533. The Hall–Kier alpha value is -1.27. The van der Waals surface area contributed by atoms with E-state index in [0.717, 1.165) is 28.0 Å². The maximum absolute atomic E-state index is 11.2. The molecule has 0 unspecified atom stereocenters. The van der Waals surface area contributed by atoms with Gasteiger partial charge in [-0.15, -0.1) is 0 Å². The van der Waals surface area contributed by atoms with E-state index in [9.17, 15) is 4.79 Å². The van der Waals surface area contributed by atoms with Crippen LogP contribution in [0.4, 0.5) is 0 Å². The van der Waals surface area contributed by atoms with E-state index in [4.69, 9.17) is 14.2 Å². The van der Waals surface area contributed by atoms with E-state index in [0.29, 0.717) is 39.3 Å². The van der Waals surface area contributed by atoms with Gasteiger partial charge in [0.1, 0.15) is 0 Å². The molecule has 1 aliphatic rings. The van der Waals surface area contributed by atoms with Gasteiger partial charge in [-0.1, -0.05) is 0 Å². The molecule has 1 heterocycles. The topological polar surface area (TPSA) is 56.8 Å². The lowest BCUT2D eigenvalue weighted by molar-refractivity contribution is -0.142. The highest BCUT2D eigenvalue weighted by atomic mass is 79.9. The summed E-state index contributed by atoms with van der Waals surface area (Å²) in [6, 6.07) is 3.98. The minimum absolute atomic E-state index is 0.176. The van der Waals surface area contributed by atoms with Gasteiger partial charge in [0.15, 0.2) is 11.5 Å². The average molecular weight is 358 g/mol. The monoisotopic (exact) mass is 357 g/mol. The Morgan fingerprint density at radius 2 is 2.19 bits per heavy atom. The highest BCUT2D eigenvalue weighted by molar-refractivity contribution is 9.10. The fourth-order valence-electron chi connectivity index (χ4n) is 2.04. The Labute approximate surface area is 133 Å². The molecule has 0 amide bonds. The molecule has 116 valence electrons. The largest absolute Gasteiger partial charge is 0.490 e. The van der Waals surface area contributed by atoms with Gasteiger partial charge in [-0.2, -0.15) is 0 Å². The van der Waals surface area contributed by atoms with Crippen molar-refractivity contribution in [1.82, 2.24) is 5.32 Å². The van der Waals surface area contributed by atoms with Crippen LogP contribution in [0.25, 0.3) is 0 Å².